The molecule has 0 unspecified atom stereocenters. The highest BCUT2D eigenvalue weighted by Crippen LogP contribution is 2.20. The number of aromatic nitrogens is 2. The third-order valence-electron chi connectivity index (χ3n) is 2.54. The first kappa shape index (κ1) is 12.0. The molecule has 2 aromatic rings. The van der Waals surface area contributed by atoms with Crippen LogP contribution in [0.25, 0.3) is 11.4 Å². The van der Waals surface area contributed by atoms with Crippen molar-refractivity contribution in [3.8, 4) is 11.4 Å². The van der Waals surface area contributed by atoms with Crippen molar-refractivity contribution < 1.29 is 5.11 Å². The standard InChI is InChI=1S/C13H13ClN2O/c1-2-12-10(8-17)7-15-13(16-12)9-4-3-5-11(14)6-9/h3-7,17H,2,8H2,1H3. The van der Waals surface area contributed by atoms with Crippen LogP contribution in [0.2, 0.25) is 5.02 Å². The fraction of sp³-hybridized carbons (Fsp3) is 0.231. The number of aryl methyl sites for hydroxylation is 1. The van der Waals surface area contributed by atoms with Crippen LogP contribution in [0, 0.1) is 0 Å². The van der Waals surface area contributed by atoms with Gasteiger partial charge in [0.25, 0.3) is 0 Å². The van der Waals surface area contributed by atoms with Crippen LogP contribution in [-0.2, 0) is 13.0 Å². The van der Waals surface area contributed by atoms with E-state index in [0.717, 1.165) is 23.2 Å². The summed E-state index contributed by atoms with van der Waals surface area (Å²) in [7, 11) is 0. The van der Waals surface area contributed by atoms with E-state index in [1.165, 1.54) is 0 Å². The summed E-state index contributed by atoms with van der Waals surface area (Å²) in [6, 6.07) is 7.43. The molecule has 0 atom stereocenters. The Hall–Kier alpha value is -1.45. The molecule has 0 saturated carbocycles. The molecule has 0 spiro atoms. The van der Waals surface area contributed by atoms with Gasteiger partial charge in [0.1, 0.15) is 0 Å². The summed E-state index contributed by atoms with van der Waals surface area (Å²) in [6.07, 6.45) is 2.44. The van der Waals surface area contributed by atoms with Gasteiger partial charge in [0, 0.05) is 28.0 Å². The minimum absolute atomic E-state index is 0.0288. The van der Waals surface area contributed by atoms with E-state index in [0.29, 0.717) is 10.8 Å². The Morgan fingerprint density at radius 3 is 2.82 bits per heavy atom. The van der Waals surface area contributed by atoms with Gasteiger partial charge < -0.3 is 5.11 Å². The molecule has 1 aromatic heterocycles. The summed E-state index contributed by atoms with van der Waals surface area (Å²) >= 11 is 5.93. The minimum atomic E-state index is -0.0288. The summed E-state index contributed by atoms with van der Waals surface area (Å²) in [5, 5.41) is 9.82. The number of benzene rings is 1. The number of rotatable bonds is 3. The molecule has 3 nitrogen and oxygen atoms in total. The van der Waals surface area contributed by atoms with Crippen LogP contribution in [0.3, 0.4) is 0 Å². The molecule has 4 heteroatoms. The van der Waals surface area contributed by atoms with Crippen molar-refractivity contribution in [1.82, 2.24) is 9.97 Å². The van der Waals surface area contributed by atoms with E-state index in [1.54, 1.807) is 6.20 Å². The van der Waals surface area contributed by atoms with Crippen LogP contribution in [0.15, 0.2) is 30.5 Å². The van der Waals surface area contributed by atoms with Gasteiger partial charge in [-0.3, -0.25) is 0 Å². The van der Waals surface area contributed by atoms with E-state index in [-0.39, 0.29) is 6.61 Å². The molecule has 0 saturated heterocycles. The van der Waals surface area contributed by atoms with E-state index >= 15 is 0 Å². The predicted molar refractivity (Wildman–Crippen MR) is 67.8 cm³/mol. The highest BCUT2D eigenvalue weighted by molar-refractivity contribution is 6.30. The average molecular weight is 249 g/mol. The lowest BCUT2D eigenvalue weighted by Crippen LogP contribution is -2.00. The van der Waals surface area contributed by atoms with Gasteiger partial charge in [-0.25, -0.2) is 9.97 Å². The number of hydrogen-bond acceptors (Lipinski definition) is 3. The first-order valence-corrected chi connectivity index (χ1v) is 5.84. The smallest absolute Gasteiger partial charge is 0.159 e. The van der Waals surface area contributed by atoms with Gasteiger partial charge in [0.2, 0.25) is 0 Å². The Kier molecular flexibility index (Phi) is 3.71. The number of aliphatic hydroxyl groups excluding tert-OH is 1. The maximum Gasteiger partial charge on any atom is 0.159 e. The maximum absolute atomic E-state index is 9.15. The van der Waals surface area contributed by atoms with Gasteiger partial charge in [0.05, 0.1) is 6.61 Å². The lowest BCUT2D eigenvalue weighted by molar-refractivity contribution is 0.279. The topological polar surface area (TPSA) is 46.0 Å². The number of aliphatic hydroxyl groups is 1. The zero-order chi connectivity index (χ0) is 12.3. The molecule has 0 aliphatic heterocycles. The Morgan fingerprint density at radius 2 is 2.18 bits per heavy atom. The lowest BCUT2D eigenvalue weighted by Gasteiger charge is -2.06. The first-order chi connectivity index (χ1) is 8.24. The predicted octanol–water partition coefficient (Wildman–Crippen LogP) is 2.85. The molecule has 1 heterocycles. The highest BCUT2D eigenvalue weighted by atomic mass is 35.5. The average Bonchev–Trinajstić information content (AvgIpc) is 2.38. The molecule has 0 radical (unpaired) electrons. The monoisotopic (exact) mass is 248 g/mol. The van der Waals surface area contributed by atoms with Crippen LogP contribution < -0.4 is 0 Å². The van der Waals surface area contributed by atoms with Crippen LogP contribution in [-0.4, -0.2) is 15.1 Å². The maximum atomic E-state index is 9.15. The second-order valence-corrected chi connectivity index (χ2v) is 4.12. The van der Waals surface area contributed by atoms with E-state index in [2.05, 4.69) is 9.97 Å². The minimum Gasteiger partial charge on any atom is -0.392 e. The van der Waals surface area contributed by atoms with Crippen LogP contribution in [0.5, 0.6) is 0 Å². The molecular formula is C13H13ClN2O. The fourth-order valence-corrected chi connectivity index (χ4v) is 1.84. The van der Waals surface area contributed by atoms with Crippen molar-refractivity contribution in [2.45, 2.75) is 20.0 Å². The van der Waals surface area contributed by atoms with Gasteiger partial charge in [-0.2, -0.15) is 0 Å². The largest absolute Gasteiger partial charge is 0.392 e. The highest BCUT2D eigenvalue weighted by Gasteiger charge is 2.07. The van der Waals surface area contributed by atoms with Crippen LogP contribution in [0.1, 0.15) is 18.2 Å². The molecule has 0 bridgehead atoms. The van der Waals surface area contributed by atoms with Gasteiger partial charge in [-0.1, -0.05) is 30.7 Å². The zero-order valence-electron chi connectivity index (χ0n) is 9.52. The van der Waals surface area contributed by atoms with Crippen molar-refractivity contribution >= 4 is 11.6 Å². The van der Waals surface area contributed by atoms with Crippen molar-refractivity contribution in [2.24, 2.45) is 0 Å². The molecule has 17 heavy (non-hydrogen) atoms. The molecule has 2 rings (SSSR count). The molecule has 1 aromatic carbocycles. The van der Waals surface area contributed by atoms with E-state index in [9.17, 15) is 0 Å². The summed E-state index contributed by atoms with van der Waals surface area (Å²) in [5.74, 6) is 0.640. The molecule has 0 aliphatic carbocycles. The SMILES string of the molecule is CCc1nc(-c2cccc(Cl)c2)ncc1CO. The second kappa shape index (κ2) is 5.25. The molecule has 1 N–H and O–H groups in total. The first-order valence-electron chi connectivity index (χ1n) is 5.46. The quantitative estimate of drug-likeness (QED) is 0.909. The summed E-state index contributed by atoms with van der Waals surface area (Å²) < 4.78 is 0. The van der Waals surface area contributed by atoms with E-state index in [4.69, 9.17) is 16.7 Å². The Bertz CT molecular complexity index is 529. The van der Waals surface area contributed by atoms with Gasteiger partial charge >= 0.3 is 0 Å². The molecule has 0 amide bonds. The molecular weight excluding hydrogens is 236 g/mol. The number of hydrogen-bond donors (Lipinski definition) is 1. The third-order valence-corrected chi connectivity index (χ3v) is 2.78. The van der Waals surface area contributed by atoms with Gasteiger partial charge in [0.15, 0.2) is 5.82 Å². The zero-order valence-corrected chi connectivity index (χ0v) is 10.3. The van der Waals surface area contributed by atoms with Gasteiger partial charge in [-0.15, -0.1) is 0 Å². The van der Waals surface area contributed by atoms with Gasteiger partial charge in [-0.05, 0) is 18.6 Å². The van der Waals surface area contributed by atoms with E-state index in [1.807, 2.05) is 31.2 Å². The van der Waals surface area contributed by atoms with Crippen molar-refractivity contribution in [3.63, 3.8) is 0 Å². The van der Waals surface area contributed by atoms with Crippen LogP contribution >= 0.6 is 11.6 Å². The molecule has 0 aliphatic rings. The second-order valence-electron chi connectivity index (χ2n) is 3.69. The number of halogens is 1. The normalized spacial score (nSPS) is 10.5. The Labute approximate surface area is 105 Å². The van der Waals surface area contributed by atoms with Crippen molar-refractivity contribution in [1.29, 1.82) is 0 Å². The molecule has 88 valence electrons. The van der Waals surface area contributed by atoms with Crippen molar-refractivity contribution in [2.75, 3.05) is 0 Å². The molecule has 0 fully saturated rings. The Morgan fingerprint density at radius 1 is 1.35 bits per heavy atom. The number of nitrogens with zero attached hydrogens (tertiary/aromatic N) is 2. The fourth-order valence-electron chi connectivity index (χ4n) is 1.65. The lowest BCUT2D eigenvalue weighted by atomic mass is 10.1. The third kappa shape index (κ3) is 2.62. The van der Waals surface area contributed by atoms with E-state index < -0.39 is 0 Å². The summed E-state index contributed by atoms with van der Waals surface area (Å²) in [6.45, 7) is 1.97. The van der Waals surface area contributed by atoms with Crippen LogP contribution in [0.4, 0.5) is 0 Å². The summed E-state index contributed by atoms with van der Waals surface area (Å²) in [4.78, 5) is 8.68. The van der Waals surface area contributed by atoms with Crippen molar-refractivity contribution in [3.05, 3.63) is 46.7 Å². The summed E-state index contributed by atoms with van der Waals surface area (Å²) in [5.41, 5.74) is 2.53. The Balaban J connectivity index is 2.46.